The van der Waals surface area contributed by atoms with Crippen LogP contribution < -0.4 is 5.32 Å². The van der Waals surface area contributed by atoms with Gasteiger partial charge in [-0.1, -0.05) is 0 Å². The topological polar surface area (TPSA) is 28.2 Å². The molecular weight excluding hydrogens is 325 g/mol. The Bertz CT molecular complexity index is 511. The zero-order valence-electron chi connectivity index (χ0n) is 10.1. The van der Waals surface area contributed by atoms with Crippen molar-refractivity contribution in [1.82, 2.24) is 9.88 Å². The highest BCUT2D eigenvalue weighted by molar-refractivity contribution is 14.1. The van der Waals surface area contributed by atoms with E-state index in [1.54, 1.807) is 0 Å². The Balaban J connectivity index is 2.22. The smallest absolute Gasteiger partial charge is 0.0733 e. The minimum atomic E-state index is 0.943. The molecule has 1 aromatic carbocycles. The maximum absolute atomic E-state index is 4.39. The molecule has 1 aromatic heterocycles. The minimum Gasteiger partial charge on any atom is -0.383 e. The maximum Gasteiger partial charge on any atom is 0.0733 e. The van der Waals surface area contributed by atoms with E-state index in [4.69, 9.17) is 0 Å². The van der Waals surface area contributed by atoms with Crippen LogP contribution in [0, 0.1) is 3.57 Å². The van der Waals surface area contributed by atoms with Crippen molar-refractivity contribution >= 4 is 39.2 Å². The Morgan fingerprint density at radius 3 is 2.88 bits per heavy atom. The van der Waals surface area contributed by atoms with E-state index in [9.17, 15) is 0 Å². The number of pyridine rings is 1. The van der Waals surface area contributed by atoms with Crippen molar-refractivity contribution in [2.24, 2.45) is 0 Å². The average Bonchev–Trinajstić information content (AvgIpc) is 2.28. The summed E-state index contributed by atoms with van der Waals surface area (Å²) in [5.74, 6) is 0. The predicted molar refractivity (Wildman–Crippen MR) is 81.5 cm³/mol. The number of aromatic nitrogens is 1. The first-order valence-electron chi connectivity index (χ1n) is 5.60. The molecule has 0 spiro atoms. The van der Waals surface area contributed by atoms with E-state index in [2.05, 4.69) is 70.1 Å². The van der Waals surface area contributed by atoms with Gasteiger partial charge in [-0.15, -0.1) is 0 Å². The minimum absolute atomic E-state index is 0.943. The highest BCUT2D eigenvalue weighted by Gasteiger charge is 2.01. The zero-order valence-corrected chi connectivity index (χ0v) is 12.2. The summed E-state index contributed by atoms with van der Waals surface area (Å²) in [6.45, 7) is 1.96. The van der Waals surface area contributed by atoms with Crippen LogP contribution in [0.2, 0.25) is 0 Å². The molecule has 2 aromatic rings. The van der Waals surface area contributed by atoms with Gasteiger partial charge in [-0.05, 0) is 61.0 Å². The standard InChI is InChI=1S/C13H16IN3/c1-17(2)8-7-16-12-5-6-15-13-9-10(14)3-4-11(12)13/h3-6,9H,7-8H2,1-2H3,(H,15,16). The van der Waals surface area contributed by atoms with E-state index in [0.717, 1.165) is 24.3 Å². The van der Waals surface area contributed by atoms with Crippen LogP contribution in [0.1, 0.15) is 0 Å². The molecule has 17 heavy (non-hydrogen) atoms. The second kappa shape index (κ2) is 5.64. The normalized spacial score (nSPS) is 11.1. The third kappa shape index (κ3) is 3.29. The number of nitrogens with one attached hydrogen (secondary N) is 1. The van der Waals surface area contributed by atoms with Gasteiger partial charge in [-0.3, -0.25) is 4.98 Å². The number of anilines is 1. The number of rotatable bonds is 4. The third-order valence-corrected chi connectivity index (χ3v) is 3.25. The van der Waals surface area contributed by atoms with Gasteiger partial charge in [0.1, 0.15) is 0 Å². The molecule has 0 radical (unpaired) electrons. The van der Waals surface area contributed by atoms with Gasteiger partial charge >= 0.3 is 0 Å². The number of fused-ring (bicyclic) bond motifs is 1. The van der Waals surface area contributed by atoms with Gasteiger partial charge < -0.3 is 10.2 Å². The van der Waals surface area contributed by atoms with E-state index in [-0.39, 0.29) is 0 Å². The average molecular weight is 341 g/mol. The van der Waals surface area contributed by atoms with Crippen molar-refractivity contribution in [3.05, 3.63) is 34.0 Å². The van der Waals surface area contributed by atoms with Crippen LogP contribution >= 0.6 is 22.6 Å². The predicted octanol–water partition coefficient (Wildman–Crippen LogP) is 2.81. The molecule has 0 bridgehead atoms. The van der Waals surface area contributed by atoms with Crippen LogP contribution in [0.25, 0.3) is 10.9 Å². The molecular formula is C13H16IN3. The van der Waals surface area contributed by atoms with Crippen LogP contribution in [0.4, 0.5) is 5.69 Å². The van der Waals surface area contributed by atoms with Crippen LogP contribution in [0.15, 0.2) is 30.5 Å². The lowest BCUT2D eigenvalue weighted by molar-refractivity contribution is 0.425. The highest BCUT2D eigenvalue weighted by Crippen LogP contribution is 2.22. The second-order valence-corrected chi connectivity index (χ2v) is 5.50. The van der Waals surface area contributed by atoms with Gasteiger partial charge in [0.25, 0.3) is 0 Å². The Morgan fingerprint density at radius 1 is 1.29 bits per heavy atom. The van der Waals surface area contributed by atoms with Crippen LogP contribution in [-0.2, 0) is 0 Å². The van der Waals surface area contributed by atoms with Crippen LogP contribution in [0.5, 0.6) is 0 Å². The summed E-state index contributed by atoms with van der Waals surface area (Å²) in [6, 6.07) is 8.38. The molecule has 0 fully saturated rings. The van der Waals surface area contributed by atoms with Gasteiger partial charge in [0.15, 0.2) is 0 Å². The molecule has 0 aliphatic rings. The van der Waals surface area contributed by atoms with Crippen molar-refractivity contribution in [2.75, 3.05) is 32.5 Å². The molecule has 3 nitrogen and oxygen atoms in total. The number of hydrogen-bond acceptors (Lipinski definition) is 3. The number of benzene rings is 1. The van der Waals surface area contributed by atoms with Crippen molar-refractivity contribution in [3.63, 3.8) is 0 Å². The molecule has 0 unspecified atom stereocenters. The maximum atomic E-state index is 4.39. The van der Waals surface area contributed by atoms with Crippen LogP contribution in [0.3, 0.4) is 0 Å². The number of nitrogens with zero attached hydrogens (tertiary/aromatic N) is 2. The number of halogens is 1. The van der Waals surface area contributed by atoms with Gasteiger partial charge in [0.2, 0.25) is 0 Å². The highest BCUT2D eigenvalue weighted by atomic mass is 127. The summed E-state index contributed by atoms with van der Waals surface area (Å²) in [5, 5.41) is 4.64. The van der Waals surface area contributed by atoms with E-state index >= 15 is 0 Å². The van der Waals surface area contributed by atoms with E-state index in [0.29, 0.717) is 0 Å². The zero-order chi connectivity index (χ0) is 12.3. The van der Waals surface area contributed by atoms with E-state index in [1.165, 1.54) is 8.96 Å². The van der Waals surface area contributed by atoms with Gasteiger partial charge in [0.05, 0.1) is 5.52 Å². The van der Waals surface area contributed by atoms with Crippen molar-refractivity contribution in [3.8, 4) is 0 Å². The molecule has 1 N–H and O–H groups in total. The summed E-state index contributed by atoms with van der Waals surface area (Å²) in [4.78, 5) is 6.56. The van der Waals surface area contributed by atoms with Crippen molar-refractivity contribution in [1.29, 1.82) is 0 Å². The lowest BCUT2D eigenvalue weighted by Gasteiger charge is -2.12. The fraction of sp³-hybridized carbons (Fsp3) is 0.308. The molecule has 2 rings (SSSR count). The van der Waals surface area contributed by atoms with Gasteiger partial charge in [-0.25, -0.2) is 0 Å². The van der Waals surface area contributed by atoms with Crippen LogP contribution in [-0.4, -0.2) is 37.1 Å². The Hall–Kier alpha value is -0.880. The Morgan fingerprint density at radius 2 is 2.12 bits per heavy atom. The summed E-state index contributed by atoms with van der Waals surface area (Å²) in [7, 11) is 4.16. The quantitative estimate of drug-likeness (QED) is 0.867. The molecule has 90 valence electrons. The lowest BCUT2D eigenvalue weighted by Crippen LogP contribution is -2.20. The van der Waals surface area contributed by atoms with Gasteiger partial charge in [0, 0.05) is 33.9 Å². The molecule has 0 aliphatic carbocycles. The number of likely N-dealkylation sites (N-methyl/N-ethyl adjacent to an activating group) is 1. The monoisotopic (exact) mass is 341 g/mol. The molecule has 1 heterocycles. The Kier molecular flexibility index (Phi) is 4.17. The van der Waals surface area contributed by atoms with Gasteiger partial charge in [-0.2, -0.15) is 0 Å². The fourth-order valence-corrected chi connectivity index (χ4v) is 2.16. The fourth-order valence-electron chi connectivity index (χ4n) is 1.69. The second-order valence-electron chi connectivity index (χ2n) is 4.25. The summed E-state index contributed by atoms with van der Waals surface area (Å²) in [5.41, 5.74) is 2.21. The first-order valence-corrected chi connectivity index (χ1v) is 6.67. The molecule has 0 saturated carbocycles. The largest absolute Gasteiger partial charge is 0.383 e. The van der Waals surface area contributed by atoms with Crippen molar-refractivity contribution < 1.29 is 0 Å². The lowest BCUT2D eigenvalue weighted by atomic mass is 10.2. The van der Waals surface area contributed by atoms with Crippen molar-refractivity contribution in [2.45, 2.75) is 0 Å². The van der Waals surface area contributed by atoms with E-state index < -0.39 is 0 Å². The Labute approximate surface area is 115 Å². The molecule has 4 heteroatoms. The molecule has 0 saturated heterocycles. The third-order valence-electron chi connectivity index (χ3n) is 2.58. The summed E-state index contributed by atoms with van der Waals surface area (Å²) >= 11 is 2.31. The first kappa shape index (κ1) is 12.6. The van der Waals surface area contributed by atoms with E-state index in [1.807, 2.05) is 12.3 Å². The first-order chi connectivity index (χ1) is 8.16. The summed E-state index contributed by atoms with van der Waals surface area (Å²) in [6.07, 6.45) is 1.86. The SMILES string of the molecule is CN(C)CCNc1ccnc2cc(I)ccc12. The molecule has 0 amide bonds. The molecule has 0 atom stereocenters. The summed E-state index contributed by atoms with van der Waals surface area (Å²) < 4.78 is 1.22. The molecule has 0 aliphatic heterocycles. The number of hydrogen-bond donors (Lipinski definition) is 1.